The highest BCUT2D eigenvalue weighted by Gasteiger charge is 2.26. The number of amides is 2. The predicted molar refractivity (Wildman–Crippen MR) is 130 cm³/mol. The molecule has 0 saturated carbocycles. The van der Waals surface area contributed by atoms with Gasteiger partial charge in [-0.2, -0.15) is 0 Å². The first kappa shape index (κ1) is 24.0. The number of benzene rings is 3. The summed E-state index contributed by atoms with van der Waals surface area (Å²) in [5, 5.41) is 5.45. The number of hydrogen-bond donors (Lipinski definition) is 2. The van der Waals surface area contributed by atoms with Crippen molar-refractivity contribution in [2.24, 2.45) is 0 Å². The molecule has 0 unspecified atom stereocenters. The van der Waals surface area contributed by atoms with Crippen LogP contribution in [0.15, 0.2) is 90.3 Å². The molecule has 0 saturated heterocycles. The lowest BCUT2D eigenvalue weighted by Gasteiger charge is -2.24. The third kappa shape index (κ3) is 5.24. The fourth-order valence-electron chi connectivity index (χ4n) is 3.14. The van der Waals surface area contributed by atoms with Gasteiger partial charge in [0.1, 0.15) is 0 Å². The number of nitrogens with zero attached hydrogens (tertiary/aromatic N) is 1. The van der Waals surface area contributed by atoms with Gasteiger partial charge in [-0.3, -0.25) is 13.9 Å². The van der Waals surface area contributed by atoms with Gasteiger partial charge in [-0.05, 0) is 42.5 Å². The Hall–Kier alpha value is -3.62. The van der Waals surface area contributed by atoms with E-state index in [9.17, 15) is 18.0 Å². The molecule has 3 aromatic carbocycles. The van der Waals surface area contributed by atoms with Crippen molar-refractivity contribution >= 4 is 44.8 Å². The average molecular weight is 484 g/mol. The zero-order valence-corrected chi connectivity index (χ0v) is 19.4. The van der Waals surface area contributed by atoms with Crippen molar-refractivity contribution in [3.63, 3.8) is 0 Å². The zero-order chi connectivity index (χ0) is 24.0. The van der Waals surface area contributed by atoms with E-state index in [0.29, 0.717) is 11.4 Å². The summed E-state index contributed by atoms with van der Waals surface area (Å²) in [5.41, 5.74) is 1.00. The Labute approximate surface area is 197 Å². The van der Waals surface area contributed by atoms with Crippen LogP contribution in [0.2, 0.25) is 5.02 Å². The van der Waals surface area contributed by atoms with Crippen LogP contribution in [0.5, 0.6) is 0 Å². The quantitative estimate of drug-likeness (QED) is 0.466. The molecule has 0 aliphatic heterocycles. The molecule has 0 bridgehead atoms. The molecule has 0 atom stereocenters. The number of nitrogens with one attached hydrogen (secondary N) is 2. The fraction of sp³-hybridized carbons (Fsp3) is 0.0833. The lowest BCUT2D eigenvalue weighted by atomic mass is 10.1. The molecule has 0 aliphatic rings. The zero-order valence-electron chi connectivity index (χ0n) is 17.8. The smallest absolute Gasteiger partial charge is 0.264 e. The van der Waals surface area contributed by atoms with E-state index < -0.39 is 15.9 Å². The van der Waals surface area contributed by atoms with Crippen LogP contribution in [0.25, 0.3) is 0 Å². The topological polar surface area (TPSA) is 95.6 Å². The molecule has 3 rings (SSSR count). The minimum Gasteiger partial charge on any atom is -0.355 e. The molecule has 0 radical (unpaired) electrons. The summed E-state index contributed by atoms with van der Waals surface area (Å²) in [6.45, 7) is 3.63. The molecule has 0 aromatic heterocycles. The maximum Gasteiger partial charge on any atom is 0.264 e. The van der Waals surface area contributed by atoms with E-state index >= 15 is 0 Å². The number of carbonyl (C=O) groups excluding carboxylic acids is 2. The van der Waals surface area contributed by atoms with Gasteiger partial charge in [0, 0.05) is 12.6 Å². The van der Waals surface area contributed by atoms with E-state index in [-0.39, 0.29) is 33.5 Å². The monoisotopic (exact) mass is 483 g/mol. The van der Waals surface area contributed by atoms with Crippen LogP contribution in [0.3, 0.4) is 0 Å². The van der Waals surface area contributed by atoms with Gasteiger partial charge >= 0.3 is 0 Å². The van der Waals surface area contributed by atoms with Crippen LogP contribution in [-0.2, 0) is 10.0 Å². The molecule has 7 nitrogen and oxygen atoms in total. The Bertz CT molecular complexity index is 1310. The molecule has 170 valence electrons. The number of halogens is 1. The summed E-state index contributed by atoms with van der Waals surface area (Å²) >= 11 is 6.24. The molecule has 0 heterocycles. The minimum absolute atomic E-state index is 0.0119. The van der Waals surface area contributed by atoms with Crippen molar-refractivity contribution in [1.29, 1.82) is 0 Å². The van der Waals surface area contributed by atoms with Crippen molar-refractivity contribution in [2.45, 2.75) is 4.90 Å². The molecule has 2 amide bonds. The van der Waals surface area contributed by atoms with Crippen molar-refractivity contribution in [3.8, 4) is 0 Å². The Morgan fingerprint density at radius 2 is 1.70 bits per heavy atom. The molecule has 2 N–H and O–H groups in total. The number of sulfonamides is 1. The Balaban J connectivity index is 1.96. The standard InChI is InChI=1S/C24H22ClN3O4S/c1-3-15-28(22-14-7-5-12-20(22)25)33(31,32)18-10-8-9-17(16-18)23(29)27-21-13-6-4-11-19(21)24(30)26-2/h3-14,16H,1,15H2,2H3,(H,26,30)(H,27,29). The van der Waals surface area contributed by atoms with Crippen molar-refractivity contribution < 1.29 is 18.0 Å². The summed E-state index contributed by atoms with van der Waals surface area (Å²) in [7, 11) is -2.57. The van der Waals surface area contributed by atoms with Crippen molar-refractivity contribution in [2.75, 3.05) is 23.2 Å². The lowest BCUT2D eigenvalue weighted by Crippen LogP contribution is -2.31. The molecule has 0 fully saturated rings. The van der Waals surface area contributed by atoms with Gasteiger partial charge in [0.2, 0.25) is 0 Å². The largest absolute Gasteiger partial charge is 0.355 e. The van der Waals surface area contributed by atoms with Gasteiger partial charge in [-0.15, -0.1) is 6.58 Å². The van der Waals surface area contributed by atoms with E-state index in [1.807, 2.05) is 0 Å². The van der Waals surface area contributed by atoms with E-state index in [1.165, 1.54) is 37.4 Å². The van der Waals surface area contributed by atoms with Crippen LogP contribution >= 0.6 is 11.6 Å². The molecule has 0 aliphatic carbocycles. The molecular weight excluding hydrogens is 462 g/mol. The highest BCUT2D eigenvalue weighted by atomic mass is 35.5. The molecule has 3 aromatic rings. The molecule has 9 heteroatoms. The SMILES string of the molecule is C=CCN(c1ccccc1Cl)S(=O)(=O)c1cccc(C(=O)Nc2ccccc2C(=O)NC)c1. The Kier molecular flexibility index (Phi) is 7.52. The third-order valence-corrected chi connectivity index (χ3v) is 6.84. The molecule has 33 heavy (non-hydrogen) atoms. The van der Waals surface area contributed by atoms with Crippen molar-refractivity contribution in [1.82, 2.24) is 5.32 Å². The number of anilines is 2. The van der Waals surface area contributed by atoms with E-state index in [1.54, 1.807) is 48.5 Å². The molecular formula is C24H22ClN3O4S. The first-order chi connectivity index (χ1) is 15.8. The first-order valence-corrected chi connectivity index (χ1v) is 11.7. The van der Waals surface area contributed by atoms with Crippen LogP contribution in [0.1, 0.15) is 20.7 Å². The summed E-state index contributed by atoms with van der Waals surface area (Å²) in [4.78, 5) is 24.9. The van der Waals surface area contributed by atoms with E-state index in [2.05, 4.69) is 17.2 Å². The van der Waals surface area contributed by atoms with Gasteiger partial charge < -0.3 is 10.6 Å². The van der Waals surface area contributed by atoms with Crippen LogP contribution in [0, 0.1) is 0 Å². The second-order valence-electron chi connectivity index (χ2n) is 6.88. The maximum absolute atomic E-state index is 13.4. The second-order valence-corrected chi connectivity index (χ2v) is 9.15. The van der Waals surface area contributed by atoms with E-state index in [4.69, 9.17) is 11.6 Å². The fourth-order valence-corrected chi connectivity index (χ4v) is 4.93. The summed E-state index contributed by atoms with van der Waals surface area (Å²) < 4.78 is 28.0. The van der Waals surface area contributed by atoms with Crippen LogP contribution in [0.4, 0.5) is 11.4 Å². The second kappa shape index (κ2) is 10.3. The number of hydrogen-bond acceptors (Lipinski definition) is 4. The van der Waals surface area contributed by atoms with E-state index in [0.717, 1.165) is 4.31 Å². The Morgan fingerprint density at radius 3 is 2.39 bits per heavy atom. The van der Waals surface area contributed by atoms with Crippen LogP contribution in [-0.4, -0.2) is 33.8 Å². The highest BCUT2D eigenvalue weighted by Crippen LogP contribution is 2.30. The lowest BCUT2D eigenvalue weighted by molar-refractivity contribution is 0.0964. The predicted octanol–water partition coefficient (Wildman–Crippen LogP) is 4.33. The van der Waals surface area contributed by atoms with Crippen LogP contribution < -0.4 is 14.9 Å². The third-order valence-electron chi connectivity index (χ3n) is 4.75. The van der Waals surface area contributed by atoms with Gasteiger partial charge in [0.05, 0.1) is 33.4 Å². The first-order valence-electron chi connectivity index (χ1n) is 9.90. The van der Waals surface area contributed by atoms with Gasteiger partial charge in [0.15, 0.2) is 0 Å². The Morgan fingerprint density at radius 1 is 1.00 bits per heavy atom. The number of para-hydroxylation sites is 2. The normalized spacial score (nSPS) is 10.8. The van der Waals surface area contributed by atoms with Crippen molar-refractivity contribution in [3.05, 3.63) is 102 Å². The number of rotatable bonds is 8. The summed E-state index contributed by atoms with van der Waals surface area (Å²) in [6, 6.07) is 18.7. The summed E-state index contributed by atoms with van der Waals surface area (Å²) in [5.74, 6) is -0.918. The average Bonchev–Trinajstić information content (AvgIpc) is 2.83. The highest BCUT2D eigenvalue weighted by molar-refractivity contribution is 7.92. The number of carbonyl (C=O) groups is 2. The minimum atomic E-state index is -4.06. The van der Waals surface area contributed by atoms with Gasteiger partial charge in [0.25, 0.3) is 21.8 Å². The maximum atomic E-state index is 13.4. The summed E-state index contributed by atoms with van der Waals surface area (Å²) in [6.07, 6.45) is 1.45. The molecule has 0 spiro atoms. The van der Waals surface area contributed by atoms with Gasteiger partial charge in [-0.1, -0.05) is 48.0 Å². The van der Waals surface area contributed by atoms with Gasteiger partial charge in [-0.25, -0.2) is 8.42 Å².